The zero-order chi connectivity index (χ0) is 12.2. The topological polar surface area (TPSA) is 35.2 Å². The van der Waals surface area contributed by atoms with Gasteiger partial charge in [0, 0.05) is 6.54 Å². The van der Waals surface area contributed by atoms with Crippen LogP contribution in [0.2, 0.25) is 0 Å². The van der Waals surface area contributed by atoms with Gasteiger partial charge >= 0.3 is 0 Å². The molecule has 0 heterocycles. The Hall–Kier alpha value is -0.220. The van der Waals surface area contributed by atoms with Gasteiger partial charge in [-0.3, -0.25) is 0 Å². The molecule has 0 amide bonds. The second-order valence-electron chi connectivity index (χ2n) is 5.17. The highest BCUT2D eigenvalue weighted by Gasteiger charge is 2.36. The van der Waals surface area contributed by atoms with Crippen LogP contribution in [0.3, 0.4) is 0 Å². The van der Waals surface area contributed by atoms with Crippen LogP contribution in [-0.4, -0.2) is 25.2 Å². The largest absolute Gasteiger partial charge is 0.368 e. The molecule has 4 heteroatoms. The number of hydrogen-bond donors (Lipinski definition) is 1. The second kappa shape index (κ2) is 5.92. The Kier molecular flexibility index (Phi) is 5.12. The standard InChI is InChI=1S/C12H23F2NO/c1-9(2)10-3-5-12(8-15,6-4-10)16-7-11(13)14/h9-11H,3-8,15H2,1-2H3. The minimum absolute atomic E-state index is 0.352. The van der Waals surface area contributed by atoms with Crippen LogP contribution in [0.4, 0.5) is 8.78 Å². The molecule has 1 aliphatic carbocycles. The van der Waals surface area contributed by atoms with Crippen LogP contribution in [0, 0.1) is 11.8 Å². The van der Waals surface area contributed by atoms with E-state index in [0.29, 0.717) is 18.4 Å². The number of rotatable bonds is 5. The summed E-state index contributed by atoms with van der Waals surface area (Å²) >= 11 is 0. The first-order chi connectivity index (χ1) is 7.49. The zero-order valence-corrected chi connectivity index (χ0v) is 10.2. The van der Waals surface area contributed by atoms with Crippen LogP contribution in [0.5, 0.6) is 0 Å². The van der Waals surface area contributed by atoms with E-state index >= 15 is 0 Å². The van der Waals surface area contributed by atoms with E-state index in [-0.39, 0.29) is 0 Å². The predicted molar refractivity (Wildman–Crippen MR) is 60.5 cm³/mol. The van der Waals surface area contributed by atoms with E-state index in [1.165, 1.54) is 0 Å². The van der Waals surface area contributed by atoms with Gasteiger partial charge in [-0.05, 0) is 37.5 Å². The van der Waals surface area contributed by atoms with E-state index < -0.39 is 18.6 Å². The third-order valence-electron chi connectivity index (χ3n) is 3.77. The van der Waals surface area contributed by atoms with Crippen LogP contribution in [0.25, 0.3) is 0 Å². The van der Waals surface area contributed by atoms with Crippen molar-refractivity contribution in [1.82, 2.24) is 0 Å². The average Bonchev–Trinajstić information content (AvgIpc) is 2.27. The smallest absolute Gasteiger partial charge is 0.261 e. The Balaban J connectivity index is 2.45. The highest BCUT2D eigenvalue weighted by atomic mass is 19.3. The zero-order valence-electron chi connectivity index (χ0n) is 10.2. The molecule has 1 saturated carbocycles. The number of halogens is 2. The molecule has 1 aliphatic rings. The first kappa shape index (κ1) is 13.8. The van der Waals surface area contributed by atoms with Crippen LogP contribution in [0.1, 0.15) is 39.5 Å². The number of ether oxygens (including phenoxy) is 1. The molecule has 0 atom stereocenters. The lowest BCUT2D eigenvalue weighted by Gasteiger charge is -2.40. The van der Waals surface area contributed by atoms with Crippen molar-refractivity contribution in [2.45, 2.75) is 51.6 Å². The van der Waals surface area contributed by atoms with E-state index in [2.05, 4.69) is 13.8 Å². The van der Waals surface area contributed by atoms with Crippen molar-refractivity contribution in [2.75, 3.05) is 13.2 Å². The molecule has 0 radical (unpaired) electrons. The summed E-state index contributed by atoms with van der Waals surface area (Å²) in [5, 5.41) is 0. The summed E-state index contributed by atoms with van der Waals surface area (Å²) in [6, 6.07) is 0. The average molecular weight is 235 g/mol. The van der Waals surface area contributed by atoms with Gasteiger partial charge in [-0.25, -0.2) is 8.78 Å². The third kappa shape index (κ3) is 3.67. The molecule has 16 heavy (non-hydrogen) atoms. The number of nitrogens with two attached hydrogens (primary N) is 1. The lowest BCUT2D eigenvalue weighted by Crippen LogP contribution is -2.45. The normalized spacial score (nSPS) is 31.3. The summed E-state index contributed by atoms with van der Waals surface area (Å²) < 4.78 is 29.6. The first-order valence-electron chi connectivity index (χ1n) is 6.11. The van der Waals surface area contributed by atoms with Gasteiger partial charge in [-0.2, -0.15) is 0 Å². The third-order valence-corrected chi connectivity index (χ3v) is 3.77. The fourth-order valence-electron chi connectivity index (χ4n) is 2.48. The molecule has 0 aromatic heterocycles. The van der Waals surface area contributed by atoms with E-state index in [4.69, 9.17) is 10.5 Å². The van der Waals surface area contributed by atoms with Gasteiger partial charge in [-0.1, -0.05) is 13.8 Å². The fourth-order valence-corrected chi connectivity index (χ4v) is 2.48. The summed E-state index contributed by atoms with van der Waals surface area (Å²) in [7, 11) is 0. The van der Waals surface area contributed by atoms with Gasteiger partial charge in [0.05, 0.1) is 5.60 Å². The van der Waals surface area contributed by atoms with Gasteiger partial charge in [0.2, 0.25) is 0 Å². The van der Waals surface area contributed by atoms with E-state index in [9.17, 15) is 8.78 Å². The molecule has 2 nitrogen and oxygen atoms in total. The highest BCUT2D eigenvalue weighted by Crippen LogP contribution is 2.37. The van der Waals surface area contributed by atoms with Crippen molar-refractivity contribution >= 4 is 0 Å². The summed E-state index contributed by atoms with van der Waals surface area (Å²) in [4.78, 5) is 0. The van der Waals surface area contributed by atoms with Crippen molar-refractivity contribution in [1.29, 1.82) is 0 Å². The molecular weight excluding hydrogens is 212 g/mol. The van der Waals surface area contributed by atoms with Gasteiger partial charge < -0.3 is 10.5 Å². The SMILES string of the molecule is CC(C)C1CCC(CN)(OCC(F)F)CC1. The van der Waals surface area contributed by atoms with Crippen LogP contribution in [0.15, 0.2) is 0 Å². The molecule has 96 valence electrons. The maximum absolute atomic E-state index is 12.1. The van der Waals surface area contributed by atoms with Crippen molar-refractivity contribution in [2.24, 2.45) is 17.6 Å². The molecule has 0 aromatic carbocycles. The molecule has 0 aromatic rings. The molecule has 0 spiro atoms. The summed E-state index contributed by atoms with van der Waals surface area (Å²) in [5.41, 5.74) is 5.19. The maximum Gasteiger partial charge on any atom is 0.261 e. The summed E-state index contributed by atoms with van der Waals surface area (Å²) in [5.74, 6) is 1.35. The van der Waals surface area contributed by atoms with Crippen molar-refractivity contribution in [3.05, 3.63) is 0 Å². The van der Waals surface area contributed by atoms with Gasteiger partial charge in [-0.15, -0.1) is 0 Å². The van der Waals surface area contributed by atoms with Crippen LogP contribution >= 0.6 is 0 Å². The Morgan fingerprint density at radius 1 is 1.31 bits per heavy atom. The van der Waals surface area contributed by atoms with Gasteiger partial charge in [0.15, 0.2) is 0 Å². The fraction of sp³-hybridized carbons (Fsp3) is 1.00. The lowest BCUT2D eigenvalue weighted by atomic mass is 9.74. The van der Waals surface area contributed by atoms with E-state index in [1.54, 1.807) is 0 Å². The van der Waals surface area contributed by atoms with Crippen LogP contribution in [-0.2, 0) is 4.74 Å². The molecular formula is C12H23F2NO. The Morgan fingerprint density at radius 2 is 1.88 bits per heavy atom. The Morgan fingerprint density at radius 3 is 2.25 bits per heavy atom. The van der Waals surface area contributed by atoms with Gasteiger partial charge in [0.25, 0.3) is 6.43 Å². The molecule has 0 bridgehead atoms. The minimum atomic E-state index is -2.40. The van der Waals surface area contributed by atoms with E-state index in [1.807, 2.05) is 0 Å². The predicted octanol–water partition coefficient (Wildman–Crippen LogP) is 2.81. The maximum atomic E-state index is 12.1. The van der Waals surface area contributed by atoms with Crippen molar-refractivity contribution in [3.8, 4) is 0 Å². The van der Waals surface area contributed by atoms with Crippen molar-refractivity contribution in [3.63, 3.8) is 0 Å². The van der Waals surface area contributed by atoms with Crippen molar-refractivity contribution < 1.29 is 13.5 Å². The number of alkyl halides is 2. The van der Waals surface area contributed by atoms with Crippen LogP contribution < -0.4 is 5.73 Å². The van der Waals surface area contributed by atoms with E-state index in [0.717, 1.165) is 25.7 Å². The molecule has 0 unspecified atom stereocenters. The highest BCUT2D eigenvalue weighted by molar-refractivity contribution is 4.89. The Labute approximate surface area is 96.5 Å². The lowest BCUT2D eigenvalue weighted by molar-refractivity contribution is -0.109. The molecule has 0 saturated heterocycles. The molecule has 2 N–H and O–H groups in total. The molecule has 1 rings (SSSR count). The summed E-state index contributed by atoms with van der Waals surface area (Å²) in [6.07, 6.45) is 1.32. The Bertz CT molecular complexity index is 201. The quantitative estimate of drug-likeness (QED) is 0.795. The molecule has 1 fully saturated rings. The minimum Gasteiger partial charge on any atom is -0.368 e. The first-order valence-corrected chi connectivity index (χ1v) is 6.11. The van der Waals surface area contributed by atoms with Gasteiger partial charge in [0.1, 0.15) is 6.61 Å². The molecule has 0 aliphatic heterocycles. The second-order valence-corrected chi connectivity index (χ2v) is 5.17. The monoisotopic (exact) mass is 235 g/mol. The number of hydrogen-bond acceptors (Lipinski definition) is 2. The summed E-state index contributed by atoms with van der Waals surface area (Å²) in [6.45, 7) is 4.29.